The molecular formula is C10H22N2. The molecule has 1 atom stereocenters. The summed E-state index contributed by atoms with van der Waals surface area (Å²) in [7, 11) is 0. The van der Waals surface area contributed by atoms with E-state index >= 15 is 0 Å². The predicted molar refractivity (Wildman–Crippen MR) is 53.1 cm³/mol. The zero-order valence-corrected chi connectivity index (χ0v) is 8.42. The lowest BCUT2D eigenvalue weighted by Crippen LogP contribution is -2.37. The van der Waals surface area contributed by atoms with Crippen LogP contribution in [0.5, 0.6) is 0 Å². The molecular weight excluding hydrogens is 148 g/mol. The molecule has 1 aliphatic rings. The van der Waals surface area contributed by atoms with Crippen LogP contribution in [0.15, 0.2) is 0 Å². The lowest BCUT2D eigenvalue weighted by Gasteiger charge is -2.23. The summed E-state index contributed by atoms with van der Waals surface area (Å²) in [6, 6.07) is 0.329. The second kappa shape index (κ2) is 4.83. The topological polar surface area (TPSA) is 29.3 Å². The van der Waals surface area contributed by atoms with Crippen molar-refractivity contribution in [1.29, 1.82) is 0 Å². The average molecular weight is 170 g/mol. The average Bonchev–Trinajstić information content (AvgIpc) is 2.70. The Hall–Kier alpha value is -0.0800. The highest BCUT2D eigenvalue weighted by molar-refractivity contribution is 4.78. The van der Waals surface area contributed by atoms with Crippen LogP contribution in [-0.2, 0) is 0 Å². The molecule has 1 rings (SSSR count). The third-order valence-electron chi connectivity index (χ3n) is 2.30. The van der Waals surface area contributed by atoms with Crippen molar-refractivity contribution in [2.45, 2.75) is 39.2 Å². The molecule has 0 aromatic heterocycles. The first-order valence-electron chi connectivity index (χ1n) is 5.20. The molecule has 1 saturated carbocycles. The third kappa shape index (κ3) is 4.07. The Bertz CT molecular complexity index is 115. The minimum atomic E-state index is 0.329. The van der Waals surface area contributed by atoms with Crippen LogP contribution in [0.1, 0.15) is 33.1 Å². The monoisotopic (exact) mass is 170 g/mol. The number of hydrogen-bond donors (Lipinski definition) is 1. The van der Waals surface area contributed by atoms with E-state index in [9.17, 15) is 0 Å². The van der Waals surface area contributed by atoms with Gasteiger partial charge < -0.3 is 10.6 Å². The van der Waals surface area contributed by atoms with Gasteiger partial charge in [-0.3, -0.25) is 0 Å². The van der Waals surface area contributed by atoms with Crippen molar-refractivity contribution in [3.05, 3.63) is 0 Å². The van der Waals surface area contributed by atoms with Crippen LogP contribution >= 0.6 is 0 Å². The van der Waals surface area contributed by atoms with E-state index in [0.717, 1.165) is 12.5 Å². The van der Waals surface area contributed by atoms with E-state index < -0.39 is 0 Å². The van der Waals surface area contributed by atoms with Gasteiger partial charge in [0.2, 0.25) is 0 Å². The molecule has 2 heteroatoms. The van der Waals surface area contributed by atoms with E-state index in [1.807, 2.05) is 0 Å². The first kappa shape index (κ1) is 10.0. The first-order valence-corrected chi connectivity index (χ1v) is 5.20. The van der Waals surface area contributed by atoms with Gasteiger partial charge in [-0.05, 0) is 38.6 Å². The van der Waals surface area contributed by atoms with Gasteiger partial charge in [0.1, 0.15) is 0 Å². The Labute approximate surface area is 76.1 Å². The highest BCUT2D eigenvalue weighted by Gasteiger charge is 2.23. The summed E-state index contributed by atoms with van der Waals surface area (Å²) in [5.41, 5.74) is 5.78. The molecule has 0 spiro atoms. The molecule has 0 heterocycles. The third-order valence-corrected chi connectivity index (χ3v) is 2.30. The highest BCUT2D eigenvalue weighted by Crippen LogP contribution is 2.29. The minimum absolute atomic E-state index is 0.329. The fourth-order valence-corrected chi connectivity index (χ4v) is 1.65. The standard InChI is InChI=1S/C10H22N2/c1-3-6-12(7-9(2)11)8-10-4-5-10/h9-10H,3-8,11H2,1-2H3. The molecule has 0 aromatic rings. The van der Waals surface area contributed by atoms with Gasteiger partial charge in [-0.25, -0.2) is 0 Å². The van der Waals surface area contributed by atoms with Crippen LogP contribution in [0.25, 0.3) is 0 Å². The van der Waals surface area contributed by atoms with Gasteiger partial charge in [0, 0.05) is 19.1 Å². The van der Waals surface area contributed by atoms with Crippen molar-refractivity contribution in [3.63, 3.8) is 0 Å². The molecule has 0 saturated heterocycles. The van der Waals surface area contributed by atoms with E-state index in [-0.39, 0.29) is 0 Å². The van der Waals surface area contributed by atoms with Gasteiger partial charge in [0.05, 0.1) is 0 Å². The number of rotatable bonds is 6. The van der Waals surface area contributed by atoms with Gasteiger partial charge >= 0.3 is 0 Å². The zero-order valence-electron chi connectivity index (χ0n) is 8.42. The molecule has 0 aliphatic heterocycles. The van der Waals surface area contributed by atoms with Crippen molar-refractivity contribution < 1.29 is 0 Å². The lowest BCUT2D eigenvalue weighted by atomic mass is 10.2. The fourth-order valence-electron chi connectivity index (χ4n) is 1.65. The molecule has 1 unspecified atom stereocenters. The van der Waals surface area contributed by atoms with E-state index in [1.54, 1.807) is 0 Å². The van der Waals surface area contributed by atoms with E-state index in [4.69, 9.17) is 5.73 Å². The van der Waals surface area contributed by atoms with Crippen LogP contribution in [0.3, 0.4) is 0 Å². The van der Waals surface area contributed by atoms with Gasteiger partial charge in [0.15, 0.2) is 0 Å². The van der Waals surface area contributed by atoms with Crippen LogP contribution in [0, 0.1) is 5.92 Å². The summed E-state index contributed by atoms with van der Waals surface area (Å²) in [6.07, 6.45) is 4.14. The lowest BCUT2D eigenvalue weighted by molar-refractivity contribution is 0.251. The second-order valence-electron chi connectivity index (χ2n) is 4.18. The number of hydrogen-bond acceptors (Lipinski definition) is 2. The maximum atomic E-state index is 5.78. The fraction of sp³-hybridized carbons (Fsp3) is 1.00. The molecule has 1 aliphatic carbocycles. The minimum Gasteiger partial charge on any atom is -0.327 e. The molecule has 0 aromatic carbocycles. The predicted octanol–water partition coefficient (Wildman–Crippen LogP) is 1.46. The van der Waals surface area contributed by atoms with Gasteiger partial charge in [-0.15, -0.1) is 0 Å². The summed E-state index contributed by atoms with van der Waals surface area (Å²) >= 11 is 0. The van der Waals surface area contributed by atoms with E-state index in [2.05, 4.69) is 18.7 Å². The highest BCUT2D eigenvalue weighted by atomic mass is 15.1. The molecule has 0 bridgehead atoms. The van der Waals surface area contributed by atoms with Crippen molar-refractivity contribution in [3.8, 4) is 0 Å². The molecule has 1 fully saturated rings. The van der Waals surface area contributed by atoms with E-state index in [1.165, 1.54) is 32.4 Å². The molecule has 2 nitrogen and oxygen atoms in total. The number of nitrogens with zero attached hydrogens (tertiary/aromatic N) is 1. The van der Waals surface area contributed by atoms with Gasteiger partial charge in [-0.2, -0.15) is 0 Å². The Morgan fingerprint density at radius 3 is 2.58 bits per heavy atom. The summed E-state index contributed by atoms with van der Waals surface area (Å²) in [5.74, 6) is 0.996. The molecule has 0 radical (unpaired) electrons. The zero-order chi connectivity index (χ0) is 8.97. The Kier molecular flexibility index (Phi) is 4.02. The Balaban J connectivity index is 2.16. The summed E-state index contributed by atoms with van der Waals surface area (Å²) < 4.78 is 0. The molecule has 0 amide bonds. The summed E-state index contributed by atoms with van der Waals surface area (Å²) in [4.78, 5) is 2.52. The molecule has 12 heavy (non-hydrogen) atoms. The van der Waals surface area contributed by atoms with Crippen molar-refractivity contribution in [1.82, 2.24) is 4.90 Å². The molecule has 2 N–H and O–H groups in total. The Morgan fingerprint density at radius 1 is 1.50 bits per heavy atom. The van der Waals surface area contributed by atoms with Gasteiger partial charge in [0.25, 0.3) is 0 Å². The quantitative estimate of drug-likeness (QED) is 0.654. The van der Waals surface area contributed by atoms with Crippen LogP contribution < -0.4 is 5.73 Å². The van der Waals surface area contributed by atoms with Crippen molar-refractivity contribution in [2.75, 3.05) is 19.6 Å². The van der Waals surface area contributed by atoms with Crippen molar-refractivity contribution >= 4 is 0 Å². The second-order valence-corrected chi connectivity index (χ2v) is 4.18. The van der Waals surface area contributed by atoms with Gasteiger partial charge in [-0.1, -0.05) is 6.92 Å². The maximum absolute atomic E-state index is 5.78. The smallest absolute Gasteiger partial charge is 0.0139 e. The normalized spacial score (nSPS) is 20.0. The Morgan fingerprint density at radius 2 is 2.17 bits per heavy atom. The van der Waals surface area contributed by atoms with Crippen molar-refractivity contribution in [2.24, 2.45) is 11.7 Å². The number of nitrogens with two attached hydrogens (primary N) is 1. The maximum Gasteiger partial charge on any atom is 0.0139 e. The summed E-state index contributed by atoms with van der Waals surface area (Å²) in [5, 5.41) is 0. The summed E-state index contributed by atoms with van der Waals surface area (Å²) in [6.45, 7) is 7.91. The van der Waals surface area contributed by atoms with E-state index in [0.29, 0.717) is 6.04 Å². The SMILES string of the molecule is CCCN(CC(C)N)CC1CC1. The van der Waals surface area contributed by atoms with Crippen LogP contribution in [0.2, 0.25) is 0 Å². The first-order chi connectivity index (χ1) is 5.72. The molecule has 72 valence electrons. The van der Waals surface area contributed by atoms with Crippen LogP contribution in [0.4, 0.5) is 0 Å². The van der Waals surface area contributed by atoms with Crippen LogP contribution in [-0.4, -0.2) is 30.6 Å². The largest absolute Gasteiger partial charge is 0.327 e.